The van der Waals surface area contributed by atoms with Gasteiger partial charge >= 0.3 is 18.4 Å². The Labute approximate surface area is 217 Å². The molecule has 3 aromatic carbocycles. The number of nitrogens with one attached hydrogen (secondary N) is 2. The lowest BCUT2D eigenvalue weighted by atomic mass is 9.83. The molecule has 0 bridgehead atoms. The molecule has 3 N–H and O–H groups in total. The standard InChI is InChI=1S/C27H26F3N3O5/c1-4-37-24(35)18-13-14-21(34)23-22(18)26(2,3)15-33(23)20-8-6-5-7-19(20)32-25(36)31-16-9-11-17(12-10-16)38-27(28,29)30/h5-14,34H,4,15H2,1-3H3,(H2,31,32,36). The number of carbonyl (C=O) groups excluding carboxylic acids is 2. The number of phenols is 1. The van der Waals surface area contributed by atoms with E-state index in [4.69, 9.17) is 4.74 Å². The van der Waals surface area contributed by atoms with Crippen LogP contribution < -0.4 is 20.3 Å². The highest BCUT2D eigenvalue weighted by Crippen LogP contribution is 2.51. The van der Waals surface area contributed by atoms with E-state index in [1.165, 1.54) is 18.2 Å². The number of rotatable bonds is 6. The minimum Gasteiger partial charge on any atom is -0.506 e. The van der Waals surface area contributed by atoms with E-state index in [-0.39, 0.29) is 18.0 Å². The number of halogens is 3. The topological polar surface area (TPSA) is 100 Å². The van der Waals surface area contributed by atoms with Gasteiger partial charge in [-0.1, -0.05) is 26.0 Å². The number of hydrogen-bond acceptors (Lipinski definition) is 6. The van der Waals surface area contributed by atoms with Crippen LogP contribution in [0.3, 0.4) is 0 Å². The molecule has 2 amide bonds. The molecule has 0 aromatic heterocycles. The first-order valence-electron chi connectivity index (χ1n) is 11.7. The van der Waals surface area contributed by atoms with Gasteiger partial charge < -0.3 is 30.1 Å². The average Bonchev–Trinajstić information content (AvgIpc) is 3.12. The number of phenolic OH excluding ortho intramolecular Hbond substituents is 1. The van der Waals surface area contributed by atoms with Crippen molar-refractivity contribution < 1.29 is 37.3 Å². The van der Waals surface area contributed by atoms with Crippen molar-refractivity contribution >= 4 is 34.7 Å². The van der Waals surface area contributed by atoms with Gasteiger partial charge in [0.15, 0.2) is 0 Å². The van der Waals surface area contributed by atoms with Crippen LogP contribution in [0.1, 0.15) is 36.7 Å². The quantitative estimate of drug-likeness (QED) is 0.314. The van der Waals surface area contributed by atoms with Crippen LogP contribution in [0.25, 0.3) is 0 Å². The first-order chi connectivity index (χ1) is 17.9. The fourth-order valence-corrected chi connectivity index (χ4v) is 4.52. The van der Waals surface area contributed by atoms with Crippen LogP contribution in [0.15, 0.2) is 60.7 Å². The summed E-state index contributed by atoms with van der Waals surface area (Å²) in [5.74, 6) is -0.929. The molecule has 1 aliphatic heterocycles. The van der Waals surface area contributed by atoms with E-state index in [0.29, 0.717) is 34.7 Å². The molecule has 0 radical (unpaired) electrons. The van der Waals surface area contributed by atoms with Crippen molar-refractivity contribution in [1.82, 2.24) is 0 Å². The number of anilines is 4. The number of aromatic hydroxyl groups is 1. The summed E-state index contributed by atoms with van der Waals surface area (Å²) in [7, 11) is 0. The third-order valence-corrected chi connectivity index (χ3v) is 5.94. The van der Waals surface area contributed by atoms with E-state index < -0.39 is 29.5 Å². The highest BCUT2D eigenvalue weighted by Gasteiger charge is 2.42. The van der Waals surface area contributed by atoms with Gasteiger partial charge in [-0.2, -0.15) is 0 Å². The van der Waals surface area contributed by atoms with Crippen molar-refractivity contribution in [2.75, 3.05) is 28.7 Å². The second kappa shape index (κ2) is 10.2. The largest absolute Gasteiger partial charge is 0.573 e. The van der Waals surface area contributed by atoms with Crippen molar-refractivity contribution in [2.45, 2.75) is 32.5 Å². The fourth-order valence-electron chi connectivity index (χ4n) is 4.52. The van der Waals surface area contributed by atoms with E-state index in [1.807, 2.05) is 18.7 Å². The van der Waals surface area contributed by atoms with Crippen LogP contribution in [-0.2, 0) is 10.2 Å². The number of ether oxygens (including phenoxy) is 2. The summed E-state index contributed by atoms with van der Waals surface area (Å²) in [6, 6.07) is 14.0. The highest BCUT2D eigenvalue weighted by molar-refractivity contribution is 6.03. The fraction of sp³-hybridized carbons (Fsp3) is 0.259. The Morgan fingerprint density at radius 1 is 1.03 bits per heavy atom. The smallest absolute Gasteiger partial charge is 0.506 e. The summed E-state index contributed by atoms with van der Waals surface area (Å²) >= 11 is 0. The number of carbonyl (C=O) groups is 2. The number of fused-ring (bicyclic) bond motifs is 1. The minimum absolute atomic E-state index is 0.0287. The second-order valence-electron chi connectivity index (χ2n) is 9.21. The number of para-hydroxylation sites is 2. The Kier molecular flexibility index (Phi) is 7.12. The number of urea groups is 1. The maximum atomic E-state index is 12.8. The molecule has 3 aromatic rings. The minimum atomic E-state index is -4.82. The number of esters is 1. The van der Waals surface area contributed by atoms with Crippen LogP contribution in [0, 0.1) is 0 Å². The summed E-state index contributed by atoms with van der Waals surface area (Å²) in [6.07, 6.45) is -4.82. The number of alkyl halides is 3. The molecule has 0 unspecified atom stereocenters. The molecule has 11 heteroatoms. The predicted octanol–water partition coefficient (Wildman–Crippen LogP) is 6.54. The van der Waals surface area contributed by atoms with Crippen LogP contribution in [0.5, 0.6) is 11.5 Å². The average molecular weight is 530 g/mol. The highest BCUT2D eigenvalue weighted by atomic mass is 19.4. The molecule has 0 atom stereocenters. The van der Waals surface area contributed by atoms with E-state index in [2.05, 4.69) is 15.4 Å². The maximum Gasteiger partial charge on any atom is 0.573 e. The zero-order valence-electron chi connectivity index (χ0n) is 20.8. The van der Waals surface area contributed by atoms with Gasteiger partial charge in [-0.05, 0) is 55.5 Å². The van der Waals surface area contributed by atoms with Crippen LogP contribution in [0.2, 0.25) is 0 Å². The molecule has 1 heterocycles. The van der Waals surface area contributed by atoms with E-state index >= 15 is 0 Å². The molecular weight excluding hydrogens is 503 g/mol. The number of benzene rings is 3. The van der Waals surface area contributed by atoms with Crippen molar-refractivity contribution in [3.05, 3.63) is 71.8 Å². The Bertz CT molecular complexity index is 1360. The Balaban J connectivity index is 1.60. The molecule has 0 spiro atoms. The lowest BCUT2D eigenvalue weighted by Gasteiger charge is -2.25. The lowest BCUT2D eigenvalue weighted by molar-refractivity contribution is -0.274. The molecule has 8 nitrogen and oxygen atoms in total. The molecular formula is C27H26F3N3O5. The molecule has 1 aliphatic rings. The third-order valence-electron chi connectivity index (χ3n) is 5.94. The number of amides is 2. The van der Waals surface area contributed by atoms with Gasteiger partial charge in [0.1, 0.15) is 11.5 Å². The van der Waals surface area contributed by atoms with E-state index in [0.717, 1.165) is 12.1 Å². The van der Waals surface area contributed by atoms with Crippen LogP contribution in [-0.4, -0.2) is 36.6 Å². The van der Waals surface area contributed by atoms with Gasteiger partial charge in [0.05, 0.1) is 29.2 Å². The van der Waals surface area contributed by atoms with Crippen molar-refractivity contribution in [3.63, 3.8) is 0 Å². The Hall–Kier alpha value is -4.41. The zero-order chi connectivity index (χ0) is 27.7. The van der Waals surface area contributed by atoms with Gasteiger partial charge in [0.25, 0.3) is 0 Å². The van der Waals surface area contributed by atoms with E-state index in [1.54, 1.807) is 37.3 Å². The SMILES string of the molecule is CCOC(=O)c1ccc(O)c2c1C(C)(C)CN2c1ccccc1NC(=O)Nc1ccc(OC(F)(F)F)cc1. The van der Waals surface area contributed by atoms with Crippen molar-refractivity contribution in [3.8, 4) is 11.5 Å². The monoisotopic (exact) mass is 529 g/mol. The molecule has 200 valence electrons. The van der Waals surface area contributed by atoms with Gasteiger partial charge in [0.2, 0.25) is 0 Å². The lowest BCUT2D eigenvalue weighted by Crippen LogP contribution is -2.27. The molecule has 0 aliphatic carbocycles. The number of nitrogens with zero attached hydrogens (tertiary/aromatic N) is 1. The van der Waals surface area contributed by atoms with Gasteiger partial charge in [-0.3, -0.25) is 0 Å². The van der Waals surface area contributed by atoms with Crippen molar-refractivity contribution in [1.29, 1.82) is 0 Å². The van der Waals surface area contributed by atoms with Gasteiger partial charge in [-0.25, -0.2) is 9.59 Å². The molecule has 38 heavy (non-hydrogen) atoms. The van der Waals surface area contributed by atoms with Crippen LogP contribution in [0.4, 0.5) is 40.7 Å². The van der Waals surface area contributed by atoms with E-state index in [9.17, 15) is 27.9 Å². The zero-order valence-corrected chi connectivity index (χ0v) is 20.8. The van der Waals surface area contributed by atoms with Crippen molar-refractivity contribution in [2.24, 2.45) is 0 Å². The Morgan fingerprint density at radius 3 is 2.37 bits per heavy atom. The van der Waals surface area contributed by atoms with Crippen LogP contribution >= 0.6 is 0 Å². The summed E-state index contributed by atoms with van der Waals surface area (Å²) in [6.45, 7) is 6.21. The summed E-state index contributed by atoms with van der Waals surface area (Å²) < 4.78 is 46.2. The summed E-state index contributed by atoms with van der Waals surface area (Å²) in [5.41, 5.74) is 2.11. The summed E-state index contributed by atoms with van der Waals surface area (Å²) in [5, 5.41) is 16.1. The molecule has 0 saturated carbocycles. The first kappa shape index (κ1) is 26.6. The van der Waals surface area contributed by atoms with Gasteiger partial charge in [-0.15, -0.1) is 13.2 Å². The normalized spacial score (nSPS) is 14.0. The second-order valence-corrected chi connectivity index (χ2v) is 9.21. The summed E-state index contributed by atoms with van der Waals surface area (Å²) in [4.78, 5) is 27.3. The van der Waals surface area contributed by atoms with Gasteiger partial charge in [0, 0.05) is 23.2 Å². The maximum absolute atomic E-state index is 12.8. The Morgan fingerprint density at radius 2 is 1.71 bits per heavy atom. The first-order valence-corrected chi connectivity index (χ1v) is 11.7. The number of hydrogen-bond donors (Lipinski definition) is 3. The predicted molar refractivity (Wildman–Crippen MR) is 136 cm³/mol. The molecule has 4 rings (SSSR count). The molecule has 0 fully saturated rings. The molecule has 0 saturated heterocycles. The third kappa shape index (κ3) is 5.61.